The van der Waals surface area contributed by atoms with Crippen LogP contribution in [0.5, 0.6) is 5.75 Å². The largest absolute Gasteiger partial charge is 0.490 e. The molecule has 4 heterocycles. The first-order valence-electron chi connectivity index (χ1n) is 17.1. The number of rotatable bonds is 3. The zero-order chi connectivity index (χ0) is 34.3. The number of fused-ring (bicyclic) bond motifs is 4. The van der Waals surface area contributed by atoms with E-state index in [1.54, 1.807) is 20.2 Å². The first-order valence-corrected chi connectivity index (χ1v) is 19.8. The SMILES string of the molecule is CO[C@H]1/C=C/C[C@H](C)CS(=O)(NC(=O)c2cnn(C)c2)=NC(=O)c2ccc3c(c2)N(C[C@@H]2CC[C@H]21)C[C@]1(CO3)SCCc2cc(C)ccc21. The van der Waals surface area contributed by atoms with Crippen LogP contribution in [0.15, 0.2) is 65.3 Å². The van der Waals surface area contributed by atoms with E-state index < -0.39 is 21.7 Å². The van der Waals surface area contributed by atoms with Crippen LogP contribution in [0.3, 0.4) is 0 Å². The number of amides is 2. The Morgan fingerprint density at radius 3 is 2.82 bits per heavy atom. The molecule has 260 valence electrons. The first kappa shape index (κ1) is 33.9. The van der Waals surface area contributed by atoms with Gasteiger partial charge in [0, 0.05) is 39.0 Å². The van der Waals surface area contributed by atoms with Crippen LogP contribution in [0.1, 0.15) is 63.6 Å². The van der Waals surface area contributed by atoms with E-state index in [4.69, 9.17) is 9.47 Å². The summed E-state index contributed by atoms with van der Waals surface area (Å²) in [5, 5.41) is 4.06. The number of ether oxygens (including phenoxy) is 2. The van der Waals surface area contributed by atoms with Crippen molar-refractivity contribution in [2.24, 2.45) is 29.2 Å². The Hall–Kier alpha value is -3.61. The number of anilines is 1. The number of benzene rings is 2. The van der Waals surface area contributed by atoms with Crippen molar-refractivity contribution in [3.05, 3.63) is 88.8 Å². The molecule has 1 spiro atoms. The molecule has 2 aromatic carbocycles. The number of allylic oxidation sites excluding steroid dienone is 1. The third-order valence-electron chi connectivity index (χ3n) is 10.4. The predicted molar refractivity (Wildman–Crippen MR) is 194 cm³/mol. The van der Waals surface area contributed by atoms with Crippen molar-refractivity contribution < 1.29 is 23.3 Å². The summed E-state index contributed by atoms with van der Waals surface area (Å²) < 4.78 is 35.2. The average molecular weight is 704 g/mol. The highest BCUT2D eigenvalue weighted by Crippen LogP contribution is 2.49. The Balaban J connectivity index is 1.31. The molecular weight excluding hydrogens is 659 g/mol. The normalized spacial score (nSPS) is 30.5. The minimum atomic E-state index is -3.51. The highest BCUT2D eigenvalue weighted by atomic mass is 32.2. The van der Waals surface area contributed by atoms with Crippen LogP contribution >= 0.6 is 11.8 Å². The quantitative estimate of drug-likeness (QED) is 0.346. The molecule has 6 atom stereocenters. The van der Waals surface area contributed by atoms with Crippen molar-refractivity contribution in [3.63, 3.8) is 0 Å². The topological polar surface area (TPSA) is 115 Å². The molecule has 0 radical (unpaired) electrons. The number of thioether (sulfide) groups is 1. The zero-order valence-electron chi connectivity index (χ0n) is 28.6. The number of nitrogens with zero attached hydrogens (tertiary/aromatic N) is 4. The van der Waals surface area contributed by atoms with E-state index in [0.717, 1.165) is 43.8 Å². The van der Waals surface area contributed by atoms with Crippen molar-refractivity contribution >= 4 is 39.2 Å². The summed E-state index contributed by atoms with van der Waals surface area (Å²) in [7, 11) is -0.0379. The van der Waals surface area contributed by atoms with Crippen molar-refractivity contribution in [3.8, 4) is 5.75 Å². The molecule has 1 fully saturated rings. The lowest BCUT2D eigenvalue weighted by molar-refractivity contribution is 0.0134. The number of carbonyl (C=O) groups is 2. The summed E-state index contributed by atoms with van der Waals surface area (Å²) in [6.07, 6.45) is 10.9. The summed E-state index contributed by atoms with van der Waals surface area (Å²) >= 11 is 1.96. The van der Waals surface area contributed by atoms with E-state index in [1.165, 1.54) is 33.8 Å². The fourth-order valence-electron chi connectivity index (χ4n) is 7.74. The molecule has 2 bridgehead atoms. The number of carbonyl (C=O) groups excluding carboxylic acids is 2. The summed E-state index contributed by atoms with van der Waals surface area (Å²) in [6, 6.07) is 12.1. The van der Waals surface area contributed by atoms with E-state index in [0.29, 0.717) is 36.2 Å². The van der Waals surface area contributed by atoms with Crippen LogP contribution in [-0.4, -0.2) is 70.2 Å². The van der Waals surface area contributed by atoms with Crippen molar-refractivity contribution in [1.82, 2.24) is 14.5 Å². The van der Waals surface area contributed by atoms with Gasteiger partial charge in [-0.3, -0.25) is 19.0 Å². The molecule has 7 rings (SSSR count). The molecule has 1 aliphatic carbocycles. The Bertz CT molecular complexity index is 1920. The summed E-state index contributed by atoms with van der Waals surface area (Å²) in [4.78, 5) is 29.5. The third-order valence-corrected chi connectivity index (χ3v) is 13.8. The molecule has 3 aromatic rings. The second-order valence-corrected chi connectivity index (χ2v) is 17.6. The van der Waals surface area contributed by atoms with E-state index in [9.17, 15) is 13.8 Å². The second-order valence-electron chi connectivity index (χ2n) is 14.1. The Labute approximate surface area is 293 Å². The van der Waals surface area contributed by atoms with Crippen molar-refractivity contribution in [2.45, 2.75) is 50.4 Å². The molecule has 4 aliphatic rings. The number of hydrogen-bond donors (Lipinski definition) is 1. The Kier molecular flexibility index (Phi) is 9.40. The molecule has 0 saturated heterocycles. The number of nitrogens with one attached hydrogen (secondary N) is 1. The third kappa shape index (κ3) is 6.92. The highest BCUT2D eigenvalue weighted by molar-refractivity contribution is 8.00. The minimum Gasteiger partial charge on any atom is -0.490 e. The van der Waals surface area contributed by atoms with Crippen LogP contribution in [0.4, 0.5) is 5.69 Å². The standard InChI is InChI=1S/C37H45N5O5S2/c1-24-8-12-31-26(16-24)14-15-48-37(31)22-42-20-28-9-11-30(28)33(46-4)7-5-6-25(2)21-49(45,40-36(44)29-18-38-41(3)19-29)39-35(43)27-10-13-34(47-23-37)32(42)17-27/h5,7-8,10,12-13,16-19,25,28,30,33H,6,9,11,14-15,20-23H2,1-4H3,(H,39,40,43,44,45)/b7-5+/t25-,28-,30+,33-,37+,49?/m0/s1. The Morgan fingerprint density at radius 1 is 1.20 bits per heavy atom. The maximum atomic E-state index is 14.4. The van der Waals surface area contributed by atoms with Crippen LogP contribution in [0.2, 0.25) is 0 Å². The lowest BCUT2D eigenvalue weighted by atomic mass is 9.70. The number of aromatic nitrogens is 2. The van der Waals surface area contributed by atoms with Crippen LogP contribution in [-0.2, 0) is 32.9 Å². The summed E-state index contributed by atoms with van der Waals surface area (Å²) in [5.74, 6) is 1.13. The van der Waals surface area contributed by atoms with Gasteiger partial charge in [0.1, 0.15) is 22.3 Å². The van der Waals surface area contributed by atoms with Gasteiger partial charge < -0.3 is 14.4 Å². The molecule has 2 amide bonds. The van der Waals surface area contributed by atoms with Gasteiger partial charge in [-0.05, 0) is 85.4 Å². The van der Waals surface area contributed by atoms with Gasteiger partial charge in [0.05, 0.1) is 34.1 Å². The van der Waals surface area contributed by atoms with Crippen molar-refractivity contribution in [1.29, 1.82) is 0 Å². The maximum absolute atomic E-state index is 14.4. The molecule has 10 nitrogen and oxygen atoms in total. The number of aryl methyl sites for hydroxylation is 3. The molecule has 1 aromatic heterocycles. The summed E-state index contributed by atoms with van der Waals surface area (Å²) in [5.41, 5.74) is 5.34. The van der Waals surface area contributed by atoms with E-state index in [2.05, 4.69) is 56.4 Å². The van der Waals surface area contributed by atoms with Crippen LogP contribution in [0.25, 0.3) is 0 Å². The number of hydrogen-bond acceptors (Lipinski definition) is 8. The van der Waals surface area contributed by atoms with E-state index in [-0.39, 0.29) is 28.1 Å². The van der Waals surface area contributed by atoms with Gasteiger partial charge in [0.25, 0.3) is 11.8 Å². The predicted octanol–water partition coefficient (Wildman–Crippen LogP) is 5.70. The molecule has 49 heavy (non-hydrogen) atoms. The number of methoxy groups -OCH3 is 1. The van der Waals surface area contributed by atoms with Gasteiger partial charge >= 0.3 is 0 Å². The van der Waals surface area contributed by atoms with E-state index >= 15 is 0 Å². The summed E-state index contributed by atoms with van der Waals surface area (Å²) in [6.45, 7) is 6.12. The lowest BCUT2D eigenvalue weighted by Gasteiger charge is -2.45. The average Bonchev–Trinajstić information content (AvgIpc) is 3.43. The van der Waals surface area contributed by atoms with Gasteiger partial charge in [-0.25, -0.2) is 4.21 Å². The molecule has 12 heteroatoms. The minimum absolute atomic E-state index is 0.0115. The molecule has 1 unspecified atom stereocenters. The van der Waals surface area contributed by atoms with E-state index in [1.807, 2.05) is 30.8 Å². The monoisotopic (exact) mass is 703 g/mol. The highest BCUT2D eigenvalue weighted by Gasteiger charge is 2.45. The smallest absolute Gasteiger partial charge is 0.286 e. The fraction of sp³-hybridized carbons (Fsp3) is 0.486. The van der Waals surface area contributed by atoms with Gasteiger partial charge in [0.2, 0.25) is 0 Å². The van der Waals surface area contributed by atoms with Gasteiger partial charge in [-0.1, -0.05) is 42.8 Å². The molecule has 3 aliphatic heterocycles. The Morgan fingerprint density at radius 2 is 2.06 bits per heavy atom. The van der Waals surface area contributed by atoms with Crippen LogP contribution < -0.4 is 14.4 Å². The zero-order valence-corrected chi connectivity index (χ0v) is 30.2. The molecular formula is C37H45N5O5S2. The maximum Gasteiger partial charge on any atom is 0.286 e. The van der Waals surface area contributed by atoms with Crippen molar-refractivity contribution in [2.75, 3.05) is 43.2 Å². The first-order chi connectivity index (χ1) is 23.5. The molecule has 1 N–H and O–H groups in total. The second kappa shape index (κ2) is 13.6. The molecule has 1 saturated carbocycles. The van der Waals surface area contributed by atoms with Gasteiger partial charge in [-0.15, -0.1) is 16.1 Å². The fourth-order valence-corrected chi connectivity index (χ4v) is 11.1. The van der Waals surface area contributed by atoms with Gasteiger partial charge in [-0.2, -0.15) is 5.10 Å². The van der Waals surface area contributed by atoms with Gasteiger partial charge in [0.15, 0.2) is 0 Å². The lowest BCUT2D eigenvalue weighted by Crippen LogP contribution is -2.48. The van der Waals surface area contributed by atoms with Crippen LogP contribution in [0, 0.1) is 24.7 Å².